The first-order valence-electron chi connectivity index (χ1n) is 6.37. The van der Waals surface area contributed by atoms with Gasteiger partial charge in [-0.3, -0.25) is 0 Å². The molecule has 0 amide bonds. The summed E-state index contributed by atoms with van der Waals surface area (Å²) in [5.74, 6) is -0.818. The van der Waals surface area contributed by atoms with Gasteiger partial charge in [-0.2, -0.15) is 0 Å². The van der Waals surface area contributed by atoms with Gasteiger partial charge < -0.3 is 10.4 Å². The van der Waals surface area contributed by atoms with Crippen molar-refractivity contribution in [2.75, 3.05) is 5.32 Å². The molecule has 0 fully saturated rings. The Kier molecular flexibility index (Phi) is 2.75. The molecule has 1 unspecified atom stereocenters. The summed E-state index contributed by atoms with van der Waals surface area (Å²) in [6.45, 7) is 0. The molecule has 0 aromatic heterocycles. The van der Waals surface area contributed by atoms with E-state index in [1.807, 2.05) is 54.6 Å². The Hall–Kier alpha value is -2.29. The molecule has 2 aromatic carbocycles. The van der Waals surface area contributed by atoms with Gasteiger partial charge in [-0.25, -0.2) is 4.79 Å². The van der Waals surface area contributed by atoms with Gasteiger partial charge in [0.2, 0.25) is 0 Å². The summed E-state index contributed by atoms with van der Waals surface area (Å²) in [6, 6.07) is 17.3. The molecule has 19 heavy (non-hydrogen) atoms. The first-order chi connectivity index (χ1) is 9.22. The van der Waals surface area contributed by atoms with Crippen LogP contribution in [0.15, 0.2) is 54.6 Å². The number of rotatable bonds is 3. The maximum Gasteiger partial charge on any atom is 0.334 e. The highest BCUT2D eigenvalue weighted by Gasteiger charge is 2.45. The van der Waals surface area contributed by atoms with Gasteiger partial charge in [0.25, 0.3) is 0 Å². The van der Waals surface area contributed by atoms with E-state index in [4.69, 9.17) is 0 Å². The predicted molar refractivity (Wildman–Crippen MR) is 74.1 cm³/mol. The summed E-state index contributed by atoms with van der Waals surface area (Å²) in [5.41, 5.74) is 1.83. The molecule has 0 saturated carbocycles. The van der Waals surface area contributed by atoms with Crippen LogP contribution in [0.1, 0.15) is 17.5 Å². The van der Waals surface area contributed by atoms with Crippen LogP contribution in [0, 0.1) is 0 Å². The van der Waals surface area contributed by atoms with Gasteiger partial charge in [0.1, 0.15) is 0 Å². The van der Waals surface area contributed by atoms with Crippen LogP contribution in [0.3, 0.4) is 0 Å². The van der Waals surface area contributed by atoms with Gasteiger partial charge in [0.05, 0.1) is 0 Å². The number of para-hydroxylation sites is 1. The fourth-order valence-corrected chi connectivity index (χ4v) is 2.78. The van der Waals surface area contributed by atoms with Crippen molar-refractivity contribution in [1.29, 1.82) is 0 Å². The lowest BCUT2D eigenvalue weighted by Crippen LogP contribution is -2.41. The Morgan fingerprint density at radius 1 is 1.05 bits per heavy atom. The average molecular weight is 253 g/mol. The van der Waals surface area contributed by atoms with Gasteiger partial charge in [0, 0.05) is 5.69 Å². The molecule has 3 nitrogen and oxygen atoms in total. The van der Waals surface area contributed by atoms with Gasteiger partial charge in [-0.15, -0.1) is 0 Å². The molecule has 96 valence electrons. The summed E-state index contributed by atoms with van der Waals surface area (Å²) < 4.78 is 0. The van der Waals surface area contributed by atoms with E-state index in [0.29, 0.717) is 6.42 Å². The molecular weight excluding hydrogens is 238 g/mol. The zero-order valence-electron chi connectivity index (χ0n) is 10.5. The molecule has 2 N–H and O–H groups in total. The number of benzene rings is 2. The van der Waals surface area contributed by atoms with Crippen LogP contribution in [0.25, 0.3) is 0 Å². The molecule has 0 aliphatic heterocycles. The molecule has 0 saturated heterocycles. The first kappa shape index (κ1) is 11.8. The molecule has 1 atom stereocenters. The molecule has 1 aliphatic carbocycles. The minimum absolute atomic E-state index is 0.580. The standard InChI is InChI=1S/C16H15NO2/c18-15(19)16(17-13-7-2-1-3-8-13)11-10-12-6-4-5-9-14(12)16/h1-9,17H,10-11H2,(H,18,19). The van der Waals surface area contributed by atoms with Crippen molar-refractivity contribution < 1.29 is 9.90 Å². The van der Waals surface area contributed by atoms with Gasteiger partial charge in [-0.05, 0) is 36.1 Å². The maximum atomic E-state index is 11.8. The van der Waals surface area contributed by atoms with Crippen molar-refractivity contribution in [2.45, 2.75) is 18.4 Å². The monoisotopic (exact) mass is 253 g/mol. The number of hydrogen-bond acceptors (Lipinski definition) is 2. The van der Waals surface area contributed by atoms with Crippen LogP contribution in [-0.4, -0.2) is 11.1 Å². The molecule has 0 spiro atoms. The van der Waals surface area contributed by atoms with E-state index in [-0.39, 0.29) is 0 Å². The van der Waals surface area contributed by atoms with E-state index in [0.717, 1.165) is 23.2 Å². The number of carbonyl (C=O) groups is 1. The molecule has 0 bridgehead atoms. The van der Waals surface area contributed by atoms with E-state index in [2.05, 4.69) is 5.32 Å². The molecule has 1 aliphatic rings. The minimum atomic E-state index is -1.00. The Morgan fingerprint density at radius 3 is 2.47 bits per heavy atom. The SMILES string of the molecule is O=C(O)C1(Nc2ccccc2)CCc2ccccc21. The molecule has 0 radical (unpaired) electrons. The van der Waals surface area contributed by atoms with Crippen molar-refractivity contribution in [1.82, 2.24) is 0 Å². The fraction of sp³-hybridized carbons (Fsp3) is 0.188. The summed E-state index contributed by atoms with van der Waals surface area (Å²) in [6.07, 6.45) is 1.37. The Bertz CT molecular complexity index is 609. The van der Waals surface area contributed by atoms with Crippen molar-refractivity contribution in [2.24, 2.45) is 0 Å². The van der Waals surface area contributed by atoms with E-state index >= 15 is 0 Å². The van der Waals surface area contributed by atoms with Crippen molar-refractivity contribution in [3.05, 3.63) is 65.7 Å². The molecule has 3 heteroatoms. The third-order valence-corrected chi connectivity index (χ3v) is 3.74. The lowest BCUT2D eigenvalue weighted by molar-refractivity contribution is -0.142. The Morgan fingerprint density at radius 2 is 1.74 bits per heavy atom. The third kappa shape index (κ3) is 1.87. The topological polar surface area (TPSA) is 49.3 Å². The highest BCUT2D eigenvalue weighted by Crippen LogP contribution is 2.39. The van der Waals surface area contributed by atoms with Crippen molar-refractivity contribution in [3.8, 4) is 0 Å². The van der Waals surface area contributed by atoms with E-state index in [1.54, 1.807) is 0 Å². The van der Waals surface area contributed by atoms with E-state index in [9.17, 15) is 9.90 Å². The zero-order valence-corrected chi connectivity index (χ0v) is 10.5. The van der Waals surface area contributed by atoms with Crippen LogP contribution in [0.5, 0.6) is 0 Å². The lowest BCUT2D eigenvalue weighted by Gasteiger charge is -2.28. The lowest BCUT2D eigenvalue weighted by atomic mass is 9.91. The second-order valence-corrected chi connectivity index (χ2v) is 4.86. The Balaban J connectivity index is 2.05. The Labute approximate surface area is 111 Å². The van der Waals surface area contributed by atoms with Gasteiger partial charge in [0.15, 0.2) is 5.54 Å². The number of carboxylic acid groups (broad SMARTS) is 1. The van der Waals surface area contributed by atoms with E-state index in [1.165, 1.54) is 0 Å². The average Bonchev–Trinajstić information content (AvgIpc) is 2.81. The van der Waals surface area contributed by atoms with Crippen molar-refractivity contribution >= 4 is 11.7 Å². The first-order valence-corrected chi connectivity index (χ1v) is 6.37. The molecule has 2 aromatic rings. The number of fused-ring (bicyclic) bond motifs is 1. The number of hydrogen-bond donors (Lipinski definition) is 2. The number of aliphatic carboxylic acids is 1. The van der Waals surface area contributed by atoms with Gasteiger partial charge >= 0.3 is 5.97 Å². The second kappa shape index (κ2) is 4.43. The highest BCUT2D eigenvalue weighted by atomic mass is 16.4. The smallest absolute Gasteiger partial charge is 0.334 e. The predicted octanol–water partition coefficient (Wildman–Crippen LogP) is 3.02. The van der Waals surface area contributed by atoms with Gasteiger partial charge in [-0.1, -0.05) is 42.5 Å². The largest absolute Gasteiger partial charge is 0.479 e. The number of nitrogens with one attached hydrogen (secondary N) is 1. The molecule has 3 rings (SSSR count). The quantitative estimate of drug-likeness (QED) is 0.884. The normalized spacial score (nSPS) is 20.8. The second-order valence-electron chi connectivity index (χ2n) is 4.86. The number of anilines is 1. The molecular formula is C16H15NO2. The highest BCUT2D eigenvalue weighted by molar-refractivity contribution is 5.86. The summed E-state index contributed by atoms with van der Waals surface area (Å²) >= 11 is 0. The van der Waals surface area contributed by atoms with E-state index < -0.39 is 11.5 Å². The van der Waals surface area contributed by atoms with Crippen molar-refractivity contribution in [3.63, 3.8) is 0 Å². The third-order valence-electron chi connectivity index (χ3n) is 3.74. The van der Waals surface area contributed by atoms with Crippen LogP contribution in [0.2, 0.25) is 0 Å². The summed E-state index contributed by atoms with van der Waals surface area (Å²) in [5, 5.41) is 12.9. The minimum Gasteiger partial charge on any atom is -0.479 e. The number of carboxylic acids is 1. The van der Waals surface area contributed by atoms with Crippen LogP contribution in [-0.2, 0) is 16.8 Å². The summed E-state index contributed by atoms with van der Waals surface area (Å²) in [7, 11) is 0. The zero-order chi connectivity index (χ0) is 13.3. The van der Waals surface area contributed by atoms with Crippen LogP contribution < -0.4 is 5.32 Å². The number of aryl methyl sites for hydroxylation is 1. The van der Waals surface area contributed by atoms with Crippen LogP contribution >= 0.6 is 0 Å². The van der Waals surface area contributed by atoms with Crippen LogP contribution in [0.4, 0.5) is 5.69 Å². The molecule has 0 heterocycles. The maximum absolute atomic E-state index is 11.8. The summed E-state index contributed by atoms with van der Waals surface area (Å²) in [4.78, 5) is 11.8. The fourth-order valence-electron chi connectivity index (χ4n) is 2.78.